The molecule has 0 radical (unpaired) electrons. The Morgan fingerprint density at radius 2 is 1.20 bits per heavy atom. The van der Waals surface area contributed by atoms with Crippen LogP contribution in [0.25, 0.3) is 0 Å². The average molecular weight is 614 g/mol. The maximum Gasteiger partial charge on any atom is 0.416 e. The zero-order valence-corrected chi connectivity index (χ0v) is 23.4. The second kappa shape index (κ2) is 13.2. The molecule has 0 aliphatic carbocycles. The van der Waals surface area contributed by atoms with Crippen LogP contribution >= 0.6 is 0 Å². The average Bonchev–Trinajstić information content (AvgIpc) is 3.39. The molecule has 0 aromatic heterocycles. The highest BCUT2D eigenvalue weighted by Crippen LogP contribution is 2.40. The summed E-state index contributed by atoms with van der Waals surface area (Å²) in [6, 6.07) is 29.5. The van der Waals surface area contributed by atoms with Gasteiger partial charge in [0.25, 0.3) is 0 Å². The quantitative estimate of drug-likeness (QED) is 0.141. The van der Waals surface area contributed by atoms with E-state index in [1.165, 1.54) is 0 Å². The van der Waals surface area contributed by atoms with Gasteiger partial charge >= 0.3 is 18.3 Å². The fourth-order valence-electron chi connectivity index (χ4n) is 5.47. The molecule has 4 nitrogen and oxygen atoms in total. The van der Waals surface area contributed by atoms with Gasteiger partial charge in [0.15, 0.2) is 0 Å². The number of esters is 1. The first-order valence-corrected chi connectivity index (χ1v) is 13.9. The zero-order valence-electron chi connectivity index (χ0n) is 23.4. The lowest BCUT2D eigenvalue weighted by atomic mass is 9.87. The van der Waals surface area contributed by atoms with Crippen LogP contribution in [0.2, 0.25) is 0 Å². The first kappa shape index (κ1) is 31.3. The molecule has 44 heavy (non-hydrogen) atoms. The van der Waals surface area contributed by atoms with Gasteiger partial charge in [-0.05, 0) is 34.9 Å². The Morgan fingerprint density at radius 3 is 1.68 bits per heavy atom. The smallest absolute Gasteiger partial charge is 0.416 e. The summed E-state index contributed by atoms with van der Waals surface area (Å²) in [5, 5.41) is 0. The number of carbonyl (C=O) groups is 1. The minimum absolute atomic E-state index is 0.0281. The Balaban J connectivity index is 1.42. The van der Waals surface area contributed by atoms with Gasteiger partial charge in [0.2, 0.25) is 6.29 Å². The van der Waals surface area contributed by atoms with E-state index in [4.69, 9.17) is 9.47 Å². The van der Waals surface area contributed by atoms with Crippen LogP contribution in [0, 0.1) is 5.92 Å². The van der Waals surface area contributed by atoms with Gasteiger partial charge in [-0.1, -0.05) is 91.0 Å². The minimum Gasteiger partial charge on any atom is -0.431 e. The molecule has 10 heteroatoms. The van der Waals surface area contributed by atoms with Gasteiger partial charge in [0, 0.05) is 25.6 Å². The number of carbonyl (C=O) groups excluding carboxylic acids is 1. The second-order valence-corrected chi connectivity index (χ2v) is 10.7. The van der Waals surface area contributed by atoms with Crippen molar-refractivity contribution in [3.8, 4) is 0 Å². The summed E-state index contributed by atoms with van der Waals surface area (Å²) in [5.41, 5.74) is -1.10. The molecule has 0 unspecified atom stereocenters. The van der Waals surface area contributed by atoms with Gasteiger partial charge < -0.3 is 9.47 Å². The molecule has 0 amide bonds. The number of hydrogen-bond acceptors (Lipinski definition) is 4. The molecule has 5 rings (SSSR count). The van der Waals surface area contributed by atoms with E-state index in [0.29, 0.717) is 31.8 Å². The van der Waals surface area contributed by atoms with Crippen molar-refractivity contribution in [2.45, 2.75) is 37.7 Å². The molecule has 4 aromatic carbocycles. The molecule has 230 valence electrons. The molecular weight excluding hydrogens is 584 g/mol. The lowest BCUT2D eigenvalue weighted by molar-refractivity contribution is -0.143. The van der Waals surface area contributed by atoms with Crippen LogP contribution in [0.3, 0.4) is 0 Å². The summed E-state index contributed by atoms with van der Waals surface area (Å²) in [7, 11) is 0. The summed E-state index contributed by atoms with van der Waals surface area (Å²) in [4.78, 5) is 15.3. The highest BCUT2D eigenvalue weighted by Gasteiger charge is 2.43. The third kappa shape index (κ3) is 7.86. The fourth-order valence-corrected chi connectivity index (χ4v) is 5.47. The van der Waals surface area contributed by atoms with E-state index < -0.39 is 47.2 Å². The van der Waals surface area contributed by atoms with Crippen molar-refractivity contribution in [2.24, 2.45) is 5.92 Å². The third-order valence-electron chi connectivity index (χ3n) is 7.50. The van der Waals surface area contributed by atoms with E-state index >= 15 is 0 Å². The summed E-state index contributed by atoms with van der Waals surface area (Å²) in [6.07, 6.45) is -11.4. The van der Waals surface area contributed by atoms with Crippen molar-refractivity contribution in [3.63, 3.8) is 0 Å². The summed E-state index contributed by atoms with van der Waals surface area (Å²) >= 11 is 0. The number of rotatable bonds is 9. The standard InChI is InChI=1S/C34H29F6NO3/c35-33(36,37)28-16-26(17-29(18-28)34(38,39)40)31(42)44-32-30(25-14-8-3-9-15-25)27(22-43-32)21-41(19-23-10-4-1-5-11-23)20-24-12-6-2-7-13-24/h1-18,27,30,32H,19-22H2/t27-,30+,32+/m0/s1. The van der Waals surface area contributed by atoms with Crippen molar-refractivity contribution in [1.29, 1.82) is 0 Å². The Labute approximate surface area is 250 Å². The highest BCUT2D eigenvalue weighted by atomic mass is 19.4. The topological polar surface area (TPSA) is 38.8 Å². The highest BCUT2D eigenvalue weighted by molar-refractivity contribution is 5.90. The molecule has 0 saturated carbocycles. The predicted octanol–water partition coefficient (Wildman–Crippen LogP) is 8.34. The summed E-state index contributed by atoms with van der Waals surface area (Å²) in [5.74, 6) is -2.07. The van der Waals surface area contributed by atoms with Crippen molar-refractivity contribution in [1.82, 2.24) is 4.90 Å². The van der Waals surface area contributed by atoms with Gasteiger partial charge in [0.1, 0.15) is 0 Å². The molecule has 0 spiro atoms. The molecular formula is C34H29F6NO3. The molecule has 4 aromatic rings. The third-order valence-corrected chi connectivity index (χ3v) is 7.50. The monoisotopic (exact) mass is 613 g/mol. The van der Waals surface area contributed by atoms with E-state index in [0.717, 1.165) is 16.7 Å². The number of halogens is 6. The van der Waals surface area contributed by atoms with Crippen LogP contribution < -0.4 is 0 Å². The number of nitrogens with zero attached hydrogens (tertiary/aromatic N) is 1. The van der Waals surface area contributed by atoms with Crippen molar-refractivity contribution in [2.75, 3.05) is 13.2 Å². The molecule has 3 atom stereocenters. The first-order valence-electron chi connectivity index (χ1n) is 13.9. The largest absolute Gasteiger partial charge is 0.431 e. The van der Waals surface area contributed by atoms with E-state index in [-0.39, 0.29) is 18.6 Å². The molecule has 1 heterocycles. The molecule has 1 aliphatic heterocycles. The molecule has 1 saturated heterocycles. The molecule has 1 fully saturated rings. The van der Waals surface area contributed by atoms with Crippen LogP contribution in [-0.2, 0) is 34.9 Å². The van der Waals surface area contributed by atoms with E-state index in [9.17, 15) is 31.1 Å². The molecule has 1 aliphatic rings. The van der Waals surface area contributed by atoms with Crippen LogP contribution in [0.4, 0.5) is 26.3 Å². The summed E-state index contributed by atoms with van der Waals surface area (Å²) < 4.78 is 92.0. The van der Waals surface area contributed by atoms with E-state index in [1.807, 2.05) is 78.9 Å². The molecule has 0 bridgehead atoms. The Bertz CT molecular complexity index is 1450. The van der Waals surface area contributed by atoms with Gasteiger partial charge in [-0.15, -0.1) is 0 Å². The van der Waals surface area contributed by atoms with Gasteiger partial charge in [0.05, 0.1) is 29.2 Å². The Morgan fingerprint density at radius 1 is 0.727 bits per heavy atom. The van der Waals surface area contributed by atoms with Crippen LogP contribution in [0.15, 0.2) is 109 Å². The number of alkyl halides is 6. The summed E-state index contributed by atoms with van der Waals surface area (Å²) in [6.45, 7) is 1.90. The lowest BCUT2D eigenvalue weighted by Gasteiger charge is -2.29. The second-order valence-electron chi connectivity index (χ2n) is 10.7. The molecule has 0 N–H and O–H groups in total. The van der Waals surface area contributed by atoms with Crippen molar-refractivity contribution in [3.05, 3.63) is 143 Å². The number of hydrogen-bond donors (Lipinski definition) is 0. The van der Waals surface area contributed by atoms with Gasteiger partial charge in [-0.2, -0.15) is 26.3 Å². The zero-order chi connectivity index (χ0) is 31.3. The van der Waals surface area contributed by atoms with E-state index in [1.54, 1.807) is 12.1 Å². The number of ether oxygens (including phenoxy) is 2. The maximum atomic E-state index is 13.4. The fraction of sp³-hybridized carbons (Fsp3) is 0.265. The van der Waals surface area contributed by atoms with Crippen LogP contribution in [0.1, 0.15) is 44.1 Å². The minimum atomic E-state index is -5.10. The van der Waals surface area contributed by atoms with Crippen LogP contribution in [-0.4, -0.2) is 30.3 Å². The van der Waals surface area contributed by atoms with Gasteiger partial charge in [-0.25, -0.2) is 4.79 Å². The lowest BCUT2D eigenvalue weighted by Crippen LogP contribution is -2.33. The normalized spacial score (nSPS) is 18.8. The first-order chi connectivity index (χ1) is 21.0. The van der Waals surface area contributed by atoms with Crippen molar-refractivity contribution >= 4 is 5.97 Å². The Hall–Kier alpha value is -4.15. The van der Waals surface area contributed by atoms with Crippen LogP contribution in [0.5, 0.6) is 0 Å². The number of benzene rings is 4. The maximum absolute atomic E-state index is 13.4. The predicted molar refractivity (Wildman–Crippen MR) is 151 cm³/mol. The Kier molecular flexibility index (Phi) is 9.41. The van der Waals surface area contributed by atoms with E-state index in [2.05, 4.69) is 4.90 Å². The van der Waals surface area contributed by atoms with Crippen molar-refractivity contribution < 1.29 is 40.6 Å². The SMILES string of the molecule is O=C(O[C@H]1OC[C@H](CN(Cc2ccccc2)Cc2ccccc2)[C@H]1c1ccccc1)c1cc(C(F)(F)F)cc(C(F)(F)F)c1. The van der Waals surface area contributed by atoms with Gasteiger partial charge in [-0.3, -0.25) is 4.90 Å².